The van der Waals surface area contributed by atoms with Crippen molar-refractivity contribution in [2.75, 3.05) is 14.1 Å². The summed E-state index contributed by atoms with van der Waals surface area (Å²) in [6, 6.07) is 0.398. The summed E-state index contributed by atoms with van der Waals surface area (Å²) >= 11 is 0. The summed E-state index contributed by atoms with van der Waals surface area (Å²) in [6.45, 7) is 6.94. The number of hydrazine groups is 1. The first-order valence-corrected chi connectivity index (χ1v) is 7.11. The normalized spacial score (nSPS) is 33.7. The van der Waals surface area contributed by atoms with Gasteiger partial charge in [0.25, 0.3) is 0 Å². The highest BCUT2D eigenvalue weighted by Crippen LogP contribution is 2.40. The third-order valence-corrected chi connectivity index (χ3v) is 5.00. The first-order valence-electron chi connectivity index (χ1n) is 7.11. The van der Waals surface area contributed by atoms with Gasteiger partial charge in [-0.3, -0.25) is 11.3 Å². The molecule has 0 amide bonds. The Morgan fingerprint density at radius 1 is 1.35 bits per heavy atom. The molecule has 0 aromatic heterocycles. The fraction of sp³-hybridized carbons (Fsp3) is 1.00. The maximum absolute atomic E-state index is 5.86. The van der Waals surface area contributed by atoms with Crippen LogP contribution in [-0.4, -0.2) is 30.6 Å². The molecular weight excluding hydrogens is 210 g/mol. The molecule has 2 atom stereocenters. The van der Waals surface area contributed by atoms with E-state index in [1.807, 2.05) is 0 Å². The van der Waals surface area contributed by atoms with Crippen LogP contribution in [0.5, 0.6) is 0 Å². The van der Waals surface area contributed by atoms with Crippen LogP contribution < -0.4 is 11.3 Å². The van der Waals surface area contributed by atoms with E-state index in [-0.39, 0.29) is 5.54 Å². The molecule has 0 radical (unpaired) electrons. The average molecular weight is 241 g/mol. The Labute approximate surface area is 107 Å². The summed E-state index contributed by atoms with van der Waals surface area (Å²) in [5.74, 6) is 7.36. The van der Waals surface area contributed by atoms with E-state index in [1.165, 1.54) is 32.1 Å². The predicted molar refractivity (Wildman–Crippen MR) is 74.6 cm³/mol. The van der Waals surface area contributed by atoms with Crippen LogP contribution in [0.2, 0.25) is 0 Å². The average Bonchev–Trinajstić information content (AvgIpc) is 2.32. The first kappa shape index (κ1) is 14.9. The van der Waals surface area contributed by atoms with Crippen LogP contribution >= 0.6 is 0 Å². The molecule has 102 valence electrons. The van der Waals surface area contributed by atoms with Gasteiger partial charge in [-0.25, -0.2) is 0 Å². The lowest BCUT2D eigenvalue weighted by Gasteiger charge is -2.51. The number of likely N-dealkylation sites (N-methyl/N-ethyl adjacent to an activating group) is 1. The fourth-order valence-electron chi connectivity index (χ4n) is 3.38. The maximum Gasteiger partial charge on any atom is 0.0419 e. The van der Waals surface area contributed by atoms with Gasteiger partial charge in [0.15, 0.2) is 0 Å². The molecule has 1 aliphatic carbocycles. The summed E-state index contributed by atoms with van der Waals surface area (Å²) in [6.07, 6.45) is 6.36. The zero-order chi connectivity index (χ0) is 13.1. The van der Waals surface area contributed by atoms with Gasteiger partial charge in [0.05, 0.1) is 0 Å². The molecule has 0 spiro atoms. The van der Waals surface area contributed by atoms with Crippen molar-refractivity contribution in [1.29, 1.82) is 0 Å². The Balaban J connectivity index is 2.89. The Morgan fingerprint density at radius 3 is 2.24 bits per heavy atom. The number of rotatable bonds is 5. The van der Waals surface area contributed by atoms with Crippen molar-refractivity contribution in [3.63, 3.8) is 0 Å². The number of hydrogen-bond acceptors (Lipinski definition) is 3. The summed E-state index contributed by atoms with van der Waals surface area (Å²) in [5.41, 5.74) is 3.36. The molecule has 0 aromatic rings. The molecule has 3 heteroatoms. The highest BCUT2D eigenvalue weighted by atomic mass is 15.3. The van der Waals surface area contributed by atoms with Crippen LogP contribution in [-0.2, 0) is 0 Å². The van der Waals surface area contributed by atoms with Crippen LogP contribution in [0.1, 0.15) is 52.9 Å². The SMILES string of the molecule is CCC(C)C(NN)C1(N(C)C)CCC(C)CC1. The number of nitrogens with two attached hydrogens (primary N) is 1. The van der Waals surface area contributed by atoms with Crippen molar-refractivity contribution < 1.29 is 0 Å². The van der Waals surface area contributed by atoms with Gasteiger partial charge in [-0.15, -0.1) is 0 Å². The van der Waals surface area contributed by atoms with Crippen molar-refractivity contribution >= 4 is 0 Å². The molecule has 1 saturated carbocycles. The standard InChI is InChI=1S/C14H31N3/c1-6-12(3)13(16-15)14(17(4)5)9-7-11(2)8-10-14/h11-13,16H,6-10,15H2,1-5H3. The van der Waals surface area contributed by atoms with E-state index in [2.05, 4.69) is 45.2 Å². The zero-order valence-electron chi connectivity index (χ0n) is 12.3. The van der Waals surface area contributed by atoms with Gasteiger partial charge < -0.3 is 4.90 Å². The van der Waals surface area contributed by atoms with Crippen LogP contribution in [0.3, 0.4) is 0 Å². The van der Waals surface area contributed by atoms with E-state index < -0.39 is 0 Å². The van der Waals surface area contributed by atoms with E-state index in [1.54, 1.807) is 0 Å². The van der Waals surface area contributed by atoms with Crippen LogP contribution in [0, 0.1) is 11.8 Å². The summed E-state index contributed by atoms with van der Waals surface area (Å²) in [4.78, 5) is 2.41. The molecule has 3 nitrogen and oxygen atoms in total. The van der Waals surface area contributed by atoms with Crippen molar-refractivity contribution in [3.8, 4) is 0 Å². The highest BCUT2D eigenvalue weighted by molar-refractivity contribution is 5.02. The second kappa shape index (κ2) is 6.17. The third kappa shape index (κ3) is 3.01. The molecule has 17 heavy (non-hydrogen) atoms. The van der Waals surface area contributed by atoms with Gasteiger partial charge in [0, 0.05) is 11.6 Å². The topological polar surface area (TPSA) is 41.3 Å². The van der Waals surface area contributed by atoms with E-state index >= 15 is 0 Å². The van der Waals surface area contributed by atoms with E-state index in [0.717, 1.165) is 5.92 Å². The van der Waals surface area contributed by atoms with Gasteiger partial charge in [0.1, 0.15) is 0 Å². The maximum atomic E-state index is 5.86. The van der Waals surface area contributed by atoms with E-state index in [4.69, 9.17) is 5.84 Å². The minimum atomic E-state index is 0.247. The van der Waals surface area contributed by atoms with E-state index in [0.29, 0.717) is 12.0 Å². The molecule has 0 aliphatic heterocycles. The van der Waals surface area contributed by atoms with Crippen molar-refractivity contribution in [2.45, 2.75) is 64.5 Å². The third-order valence-electron chi connectivity index (χ3n) is 5.00. The molecule has 1 fully saturated rings. The molecular formula is C14H31N3. The molecule has 0 bridgehead atoms. The smallest absolute Gasteiger partial charge is 0.0419 e. The van der Waals surface area contributed by atoms with Gasteiger partial charge in [-0.1, -0.05) is 27.2 Å². The second-order valence-corrected chi connectivity index (χ2v) is 6.21. The summed E-state index contributed by atoms with van der Waals surface area (Å²) in [7, 11) is 4.42. The van der Waals surface area contributed by atoms with Crippen LogP contribution in [0.25, 0.3) is 0 Å². The van der Waals surface area contributed by atoms with Gasteiger partial charge >= 0.3 is 0 Å². The van der Waals surface area contributed by atoms with Gasteiger partial charge in [-0.05, 0) is 51.6 Å². The van der Waals surface area contributed by atoms with Crippen LogP contribution in [0.4, 0.5) is 0 Å². The predicted octanol–water partition coefficient (Wildman–Crippen LogP) is 2.37. The number of nitrogens with one attached hydrogen (secondary N) is 1. The lowest BCUT2D eigenvalue weighted by Crippen LogP contribution is -2.64. The number of nitrogens with zero attached hydrogens (tertiary/aromatic N) is 1. The van der Waals surface area contributed by atoms with Gasteiger partial charge in [0.2, 0.25) is 0 Å². The summed E-state index contributed by atoms with van der Waals surface area (Å²) in [5, 5.41) is 0. The zero-order valence-corrected chi connectivity index (χ0v) is 12.3. The molecule has 3 N–H and O–H groups in total. The van der Waals surface area contributed by atoms with Crippen molar-refractivity contribution in [2.24, 2.45) is 17.7 Å². The molecule has 0 aromatic carbocycles. The molecule has 0 heterocycles. The fourth-order valence-corrected chi connectivity index (χ4v) is 3.38. The lowest BCUT2D eigenvalue weighted by atomic mass is 9.69. The quantitative estimate of drug-likeness (QED) is 0.573. The van der Waals surface area contributed by atoms with E-state index in [9.17, 15) is 0 Å². The minimum absolute atomic E-state index is 0.247. The Kier molecular flexibility index (Phi) is 5.42. The Hall–Kier alpha value is -0.120. The Morgan fingerprint density at radius 2 is 1.88 bits per heavy atom. The largest absolute Gasteiger partial charge is 0.302 e. The van der Waals surface area contributed by atoms with Crippen molar-refractivity contribution in [3.05, 3.63) is 0 Å². The second-order valence-electron chi connectivity index (χ2n) is 6.21. The molecule has 1 aliphatic rings. The monoisotopic (exact) mass is 241 g/mol. The molecule has 1 rings (SSSR count). The molecule has 2 unspecified atom stereocenters. The summed E-state index contributed by atoms with van der Waals surface area (Å²) < 4.78 is 0. The Bertz CT molecular complexity index is 220. The molecule has 0 saturated heterocycles. The van der Waals surface area contributed by atoms with Crippen molar-refractivity contribution in [1.82, 2.24) is 10.3 Å². The minimum Gasteiger partial charge on any atom is -0.302 e. The lowest BCUT2D eigenvalue weighted by molar-refractivity contribution is 0.0232. The van der Waals surface area contributed by atoms with Gasteiger partial charge in [-0.2, -0.15) is 0 Å². The highest BCUT2D eigenvalue weighted by Gasteiger charge is 2.44. The van der Waals surface area contributed by atoms with Crippen LogP contribution in [0.15, 0.2) is 0 Å². The first-order chi connectivity index (χ1) is 7.97. The number of hydrogen-bond donors (Lipinski definition) is 2.